The molecule has 7 nitrogen and oxygen atoms in total. The van der Waals surface area contributed by atoms with Gasteiger partial charge in [-0.15, -0.1) is 0 Å². The number of hydrogen-bond donors (Lipinski definition) is 2. The first-order valence-corrected chi connectivity index (χ1v) is 6.43. The van der Waals surface area contributed by atoms with Gasteiger partial charge in [0.25, 0.3) is 11.6 Å². The van der Waals surface area contributed by atoms with Crippen LogP contribution in [-0.4, -0.2) is 17.4 Å². The van der Waals surface area contributed by atoms with Crippen LogP contribution in [0.5, 0.6) is 0 Å². The first-order valence-electron chi connectivity index (χ1n) is 6.43. The lowest BCUT2D eigenvalue weighted by Gasteiger charge is -2.03. The molecule has 0 spiro atoms. The molecule has 1 rings (SSSR count). The summed E-state index contributed by atoms with van der Waals surface area (Å²) >= 11 is 0. The fourth-order valence-electron chi connectivity index (χ4n) is 1.60. The molecule has 0 aliphatic carbocycles. The zero-order valence-electron chi connectivity index (χ0n) is 11.6. The molecule has 7 heteroatoms. The number of amides is 1. The first kappa shape index (κ1) is 16.2. The van der Waals surface area contributed by atoms with E-state index in [9.17, 15) is 14.9 Å². The molecule has 0 unspecified atom stereocenters. The third-order valence-corrected chi connectivity index (χ3v) is 2.74. The Hall–Kier alpha value is -2.88. The van der Waals surface area contributed by atoms with Crippen LogP contribution in [0.1, 0.15) is 25.3 Å². The standard InChI is InChI=1S/C14H16N4O3/c1-2-3-6-17-14(19)11(9-15)7-10-4-5-12(16)13(8-10)18(20)21/h4-5,7-8H,2-3,6,16H2,1H3,(H,17,19)/b11-7-. The number of carbonyl (C=O) groups is 1. The Morgan fingerprint density at radius 1 is 1.57 bits per heavy atom. The van der Waals surface area contributed by atoms with Crippen LogP contribution < -0.4 is 11.1 Å². The van der Waals surface area contributed by atoms with Gasteiger partial charge in [-0.3, -0.25) is 14.9 Å². The van der Waals surface area contributed by atoms with Crippen LogP contribution in [0.4, 0.5) is 11.4 Å². The van der Waals surface area contributed by atoms with Crippen molar-refractivity contribution in [3.05, 3.63) is 39.4 Å². The Labute approximate surface area is 122 Å². The number of nitrogens with one attached hydrogen (secondary N) is 1. The third kappa shape index (κ3) is 4.62. The molecule has 110 valence electrons. The molecular weight excluding hydrogens is 272 g/mol. The van der Waals surface area contributed by atoms with Gasteiger partial charge in [0.15, 0.2) is 0 Å². The molecule has 0 heterocycles. The van der Waals surface area contributed by atoms with Crippen LogP contribution >= 0.6 is 0 Å². The van der Waals surface area contributed by atoms with E-state index in [1.807, 2.05) is 6.92 Å². The van der Waals surface area contributed by atoms with E-state index in [0.717, 1.165) is 12.8 Å². The monoisotopic (exact) mass is 288 g/mol. The number of anilines is 1. The summed E-state index contributed by atoms with van der Waals surface area (Å²) in [5.74, 6) is -0.495. The number of nitrogen functional groups attached to an aromatic ring is 1. The smallest absolute Gasteiger partial charge is 0.292 e. The molecule has 0 fully saturated rings. The lowest BCUT2D eigenvalue weighted by molar-refractivity contribution is -0.383. The Bertz CT molecular complexity index is 617. The maximum atomic E-state index is 11.8. The summed E-state index contributed by atoms with van der Waals surface area (Å²) in [5, 5.41) is 22.4. The Kier molecular flexibility index (Phi) is 5.89. The lowest BCUT2D eigenvalue weighted by atomic mass is 10.1. The second-order valence-electron chi connectivity index (χ2n) is 4.35. The van der Waals surface area contributed by atoms with Gasteiger partial charge in [-0.05, 0) is 24.1 Å². The second-order valence-corrected chi connectivity index (χ2v) is 4.35. The molecule has 0 aliphatic rings. The zero-order valence-corrected chi connectivity index (χ0v) is 11.6. The molecule has 1 aromatic carbocycles. The first-order chi connectivity index (χ1) is 9.99. The number of unbranched alkanes of at least 4 members (excludes halogenated alkanes) is 1. The van der Waals surface area contributed by atoms with Crippen molar-refractivity contribution in [2.45, 2.75) is 19.8 Å². The van der Waals surface area contributed by atoms with Crippen LogP contribution in [0, 0.1) is 21.4 Å². The van der Waals surface area contributed by atoms with Crippen molar-refractivity contribution in [2.75, 3.05) is 12.3 Å². The number of carbonyl (C=O) groups excluding carboxylic acids is 1. The minimum atomic E-state index is -0.611. The molecule has 0 aromatic heterocycles. The zero-order chi connectivity index (χ0) is 15.8. The molecule has 0 saturated heterocycles. The van der Waals surface area contributed by atoms with Crippen molar-refractivity contribution >= 4 is 23.4 Å². The van der Waals surface area contributed by atoms with Crippen molar-refractivity contribution < 1.29 is 9.72 Å². The number of nitrogens with zero attached hydrogens (tertiary/aromatic N) is 2. The van der Waals surface area contributed by atoms with Gasteiger partial charge in [0.05, 0.1) is 4.92 Å². The van der Waals surface area contributed by atoms with Crippen LogP contribution in [0.2, 0.25) is 0 Å². The van der Waals surface area contributed by atoms with Crippen LogP contribution in [0.3, 0.4) is 0 Å². The second kappa shape index (κ2) is 7.65. The molecule has 21 heavy (non-hydrogen) atoms. The van der Waals surface area contributed by atoms with E-state index in [2.05, 4.69) is 5.32 Å². The molecule has 3 N–H and O–H groups in total. The number of benzene rings is 1. The van der Waals surface area contributed by atoms with Crippen LogP contribution in [0.25, 0.3) is 6.08 Å². The summed E-state index contributed by atoms with van der Waals surface area (Å²) in [7, 11) is 0. The quantitative estimate of drug-likeness (QED) is 0.207. The molecule has 0 aliphatic heterocycles. The van der Waals surface area contributed by atoms with E-state index in [1.165, 1.54) is 24.3 Å². The SMILES string of the molecule is CCCCNC(=O)/C(C#N)=C\c1ccc(N)c([N+](=O)[O-])c1. The number of nitrogens with two attached hydrogens (primary N) is 1. The molecule has 0 bridgehead atoms. The average Bonchev–Trinajstić information content (AvgIpc) is 2.46. The molecule has 1 aromatic rings. The van der Waals surface area contributed by atoms with Crippen molar-refractivity contribution in [3.8, 4) is 6.07 Å². The predicted octanol–water partition coefficient (Wildman–Crippen LogP) is 2.00. The topological polar surface area (TPSA) is 122 Å². The number of nitro benzene ring substituents is 1. The summed E-state index contributed by atoms with van der Waals surface area (Å²) in [6.45, 7) is 2.47. The predicted molar refractivity (Wildman–Crippen MR) is 79.0 cm³/mol. The summed E-state index contributed by atoms with van der Waals surface area (Å²) in [5.41, 5.74) is 5.53. The average molecular weight is 288 g/mol. The lowest BCUT2D eigenvalue weighted by Crippen LogP contribution is -2.25. The molecule has 0 atom stereocenters. The highest BCUT2D eigenvalue weighted by atomic mass is 16.6. The summed E-state index contributed by atoms with van der Waals surface area (Å²) < 4.78 is 0. The number of nitriles is 1. The van der Waals surface area contributed by atoms with Gasteiger partial charge >= 0.3 is 0 Å². The molecule has 0 saturated carbocycles. The van der Waals surface area contributed by atoms with Crippen molar-refractivity contribution in [3.63, 3.8) is 0 Å². The fourth-order valence-corrected chi connectivity index (χ4v) is 1.60. The highest BCUT2D eigenvalue weighted by molar-refractivity contribution is 6.01. The van der Waals surface area contributed by atoms with Gasteiger partial charge < -0.3 is 11.1 Å². The van der Waals surface area contributed by atoms with E-state index >= 15 is 0 Å². The minimum Gasteiger partial charge on any atom is -0.393 e. The van der Waals surface area contributed by atoms with Crippen LogP contribution in [0.15, 0.2) is 23.8 Å². The maximum absolute atomic E-state index is 11.8. The summed E-state index contributed by atoms with van der Waals surface area (Å²) in [6.07, 6.45) is 3.04. The fraction of sp³-hybridized carbons (Fsp3) is 0.286. The van der Waals surface area contributed by atoms with Crippen molar-refractivity contribution in [1.29, 1.82) is 5.26 Å². The Morgan fingerprint density at radius 2 is 2.29 bits per heavy atom. The molecular formula is C14H16N4O3. The van der Waals surface area contributed by atoms with Gasteiger partial charge in [-0.1, -0.05) is 19.4 Å². The van der Waals surface area contributed by atoms with Gasteiger partial charge in [0.2, 0.25) is 0 Å². The van der Waals surface area contributed by atoms with Gasteiger partial charge in [0.1, 0.15) is 17.3 Å². The summed E-state index contributed by atoms with van der Waals surface area (Å²) in [6, 6.07) is 5.90. The number of rotatable bonds is 6. The number of hydrogen-bond acceptors (Lipinski definition) is 5. The Balaban J connectivity index is 2.98. The maximum Gasteiger partial charge on any atom is 0.292 e. The van der Waals surface area contributed by atoms with E-state index in [1.54, 1.807) is 6.07 Å². The normalized spacial score (nSPS) is 10.8. The number of nitro groups is 1. The highest BCUT2D eigenvalue weighted by Gasteiger charge is 2.13. The summed E-state index contributed by atoms with van der Waals surface area (Å²) in [4.78, 5) is 22.0. The molecule has 0 radical (unpaired) electrons. The van der Waals surface area contributed by atoms with Gasteiger partial charge in [0, 0.05) is 12.6 Å². The van der Waals surface area contributed by atoms with E-state index in [-0.39, 0.29) is 16.9 Å². The Morgan fingerprint density at radius 3 is 2.86 bits per heavy atom. The van der Waals surface area contributed by atoms with E-state index in [4.69, 9.17) is 11.0 Å². The van der Waals surface area contributed by atoms with Crippen molar-refractivity contribution in [1.82, 2.24) is 5.32 Å². The van der Waals surface area contributed by atoms with Gasteiger partial charge in [-0.25, -0.2) is 0 Å². The largest absolute Gasteiger partial charge is 0.393 e. The van der Waals surface area contributed by atoms with E-state index < -0.39 is 10.8 Å². The van der Waals surface area contributed by atoms with Crippen molar-refractivity contribution in [2.24, 2.45) is 0 Å². The van der Waals surface area contributed by atoms with E-state index in [0.29, 0.717) is 12.1 Å². The molecule has 1 amide bonds. The third-order valence-electron chi connectivity index (χ3n) is 2.74. The van der Waals surface area contributed by atoms with Crippen LogP contribution in [-0.2, 0) is 4.79 Å². The highest BCUT2D eigenvalue weighted by Crippen LogP contribution is 2.23. The minimum absolute atomic E-state index is 0.0306. The van der Waals surface area contributed by atoms with Gasteiger partial charge in [-0.2, -0.15) is 5.26 Å².